The third kappa shape index (κ3) is 4.07. The molecule has 0 saturated carbocycles. The molecule has 24 heavy (non-hydrogen) atoms. The SMILES string of the molecule is CC(NC(=O)c1cccnc1N(C)C)C(=O)Nc1ccccc1F. The molecule has 0 saturated heterocycles. The van der Waals surface area contributed by atoms with Gasteiger partial charge in [-0.25, -0.2) is 9.37 Å². The summed E-state index contributed by atoms with van der Waals surface area (Å²) in [6.07, 6.45) is 1.58. The summed E-state index contributed by atoms with van der Waals surface area (Å²) in [7, 11) is 3.54. The van der Waals surface area contributed by atoms with E-state index >= 15 is 0 Å². The molecule has 1 unspecified atom stereocenters. The highest BCUT2D eigenvalue weighted by atomic mass is 19.1. The number of benzene rings is 1. The van der Waals surface area contributed by atoms with Crippen molar-refractivity contribution in [3.63, 3.8) is 0 Å². The minimum atomic E-state index is -0.840. The Kier molecular flexibility index (Phi) is 5.47. The van der Waals surface area contributed by atoms with Gasteiger partial charge < -0.3 is 15.5 Å². The number of carbonyl (C=O) groups excluding carboxylic acids is 2. The Balaban J connectivity index is 2.06. The van der Waals surface area contributed by atoms with Gasteiger partial charge in [-0.05, 0) is 31.2 Å². The van der Waals surface area contributed by atoms with Gasteiger partial charge in [0.25, 0.3) is 5.91 Å². The maximum atomic E-state index is 13.6. The van der Waals surface area contributed by atoms with Crippen LogP contribution in [0.4, 0.5) is 15.9 Å². The molecule has 2 aromatic rings. The summed E-state index contributed by atoms with van der Waals surface area (Å²) in [5.74, 6) is -0.977. The second kappa shape index (κ2) is 7.54. The zero-order valence-corrected chi connectivity index (χ0v) is 13.7. The number of aromatic nitrogens is 1. The van der Waals surface area contributed by atoms with E-state index in [1.807, 2.05) is 0 Å². The Morgan fingerprint density at radius 1 is 1.17 bits per heavy atom. The Morgan fingerprint density at radius 3 is 2.54 bits per heavy atom. The van der Waals surface area contributed by atoms with Gasteiger partial charge in [-0.3, -0.25) is 9.59 Å². The third-order valence-electron chi connectivity index (χ3n) is 3.33. The molecule has 1 aromatic heterocycles. The predicted molar refractivity (Wildman–Crippen MR) is 90.5 cm³/mol. The second-order valence-electron chi connectivity index (χ2n) is 5.43. The molecule has 0 aliphatic rings. The third-order valence-corrected chi connectivity index (χ3v) is 3.33. The highest BCUT2D eigenvalue weighted by Crippen LogP contribution is 2.15. The van der Waals surface area contributed by atoms with Gasteiger partial charge in [0.2, 0.25) is 5.91 Å². The lowest BCUT2D eigenvalue weighted by Crippen LogP contribution is -2.42. The van der Waals surface area contributed by atoms with Crippen LogP contribution in [0, 0.1) is 5.82 Å². The van der Waals surface area contributed by atoms with Crippen LogP contribution in [0.15, 0.2) is 42.6 Å². The normalized spacial score (nSPS) is 11.5. The molecular formula is C17H19FN4O2. The van der Waals surface area contributed by atoms with Crippen molar-refractivity contribution in [2.45, 2.75) is 13.0 Å². The van der Waals surface area contributed by atoms with E-state index in [0.29, 0.717) is 11.4 Å². The molecule has 7 heteroatoms. The van der Waals surface area contributed by atoms with Gasteiger partial charge in [0.1, 0.15) is 17.7 Å². The van der Waals surface area contributed by atoms with Gasteiger partial charge in [0.05, 0.1) is 11.3 Å². The highest BCUT2D eigenvalue weighted by Gasteiger charge is 2.20. The Hall–Kier alpha value is -2.96. The minimum absolute atomic E-state index is 0.0685. The van der Waals surface area contributed by atoms with Crippen LogP contribution < -0.4 is 15.5 Å². The maximum absolute atomic E-state index is 13.6. The van der Waals surface area contributed by atoms with Crippen LogP contribution in [0.2, 0.25) is 0 Å². The summed E-state index contributed by atoms with van der Waals surface area (Å²) in [5.41, 5.74) is 0.423. The quantitative estimate of drug-likeness (QED) is 0.880. The molecule has 0 fully saturated rings. The molecular weight excluding hydrogens is 311 g/mol. The first-order chi connectivity index (χ1) is 11.4. The van der Waals surface area contributed by atoms with E-state index in [2.05, 4.69) is 15.6 Å². The summed E-state index contributed by atoms with van der Waals surface area (Å²) < 4.78 is 13.6. The monoisotopic (exact) mass is 330 g/mol. The van der Waals surface area contributed by atoms with E-state index in [-0.39, 0.29) is 5.69 Å². The van der Waals surface area contributed by atoms with Crippen molar-refractivity contribution in [3.8, 4) is 0 Å². The van der Waals surface area contributed by atoms with Crippen LogP contribution in [0.1, 0.15) is 17.3 Å². The van der Waals surface area contributed by atoms with Crippen LogP contribution in [0.25, 0.3) is 0 Å². The zero-order valence-electron chi connectivity index (χ0n) is 13.7. The van der Waals surface area contributed by atoms with E-state index < -0.39 is 23.7 Å². The van der Waals surface area contributed by atoms with Gasteiger partial charge in [0.15, 0.2) is 0 Å². The fraction of sp³-hybridized carbons (Fsp3) is 0.235. The Labute approximate surface area is 139 Å². The summed E-state index contributed by atoms with van der Waals surface area (Å²) in [5, 5.41) is 5.04. The van der Waals surface area contributed by atoms with Crippen LogP contribution >= 0.6 is 0 Å². The summed E-state index contributed by atoms with van der Waals surface area (Å²) in [6.45, 7) is 1.53. The van der Waals surface area contributed by atoms with Gasteiger partial charge in [-0.2, -0.15) is 0 Å². The number of nitrogens with zero attached hydrogens (tertiary/aromatic N) is 2. The van der Waals surface area contributed by atoms with Gasteiger partial charge in [-0.15, -0.1) is 0 Å². The average Bonchev–Trinajstić information content (AvgIpc) is 2.56. The van der Waals surface area contributed by atoms with Crippen molar-refractivity contribution in [1.29, 1.82) is 0 Å². The van der Waals surface area contributed by atoms with Gasteiger partial charge in [-0.1, -0.05) is 12.1 Å². The fourth-order valence-corrected chi connectivity index (χ4v) is 2.07. The first kappa shape index (κ1) is 17.4. The fourth-order valence-electron chi connectivity index (χ4n) is 2.07. The zero-order chi connectivity index (χ0) is 17.7. The molecule has 126 valence electrons. The number of anilines is 2. The first-order valence-electron chi connectivity index (χ1n) is 7.38. The van der Waals surface area contributed by atoms with Crippen molar-refractivity contribution >= 4 is 23.3 Å². The van der Waals surface area contributed by atoms with Crippen molar-refractivity contribution < 1.29 is 14.0 Å². The molecule has 6 nitrogen and oxygen atoms in total. The van der Waals surface area contributed by atoms with Crippen LogP contribution in [-0.4, -0.2) is 36.9 Å². The van der Waals surface area contributed by atoms with E-state index in [1.165, 1.54) is 25.1 Å². The first-order valence-corrected chi connectivity index (χ1v) is 7.38. The number of hydrogen-bond donors (Lipinski definition) is 2. The summed E-state index contributed by atoms with van der Waals surface area (Å²) in [4.78, 5) is 30.4. The highest BCUT2D eigenvalue weighted by molar-refractivity contribution is 6.03. The molecule has 0 bridgehead atoms. The molecule has 0 aliphatic heterocycles. The molecule has 0 aliphatic carbocycles. The maximum Gasteiger partial charge on any atom is 0.255 e. The largest absolute Gasteiger partial charge is 0.362 e. The molecule has 1 atom stereocenters. The smallest absolute Gasteiger partial charge is 0.255 e. The molecule has 2 amide bonds. The number of para-hydroxylation sites is 1. The van der Waals surface area contributed by atoms with Gasteiger partial charge >= 0.3 is 0 Å². The van der Waals surface area contributed by atoms with Crippen LogP contribution in [-0.2, 0) is 4.79 Å². The number of nitrogens with one attached hydrogen (secondary N) is 2. The van der Waals surface area contributed by atoms with Gasteiger partial charge in [0, 0.05) is 20.3 Å². The number of hydrogen-bond acceptors (Lipinski definition) is 4. The molecule has 2 N–H and O–H groups in total. The van der Waals surface area contributed by atoms with Crippen molar-refractivity contribution in [1.82, 2.24) is 10.3 Å². The number of halogens is 1. The van der Waals surface area contributed by atoms with E-state index in [9.17, 15) is 14.0 Å². The summed E-state index contributed by atoms with van der Waals surface area (Å²) in [6, 6.07) is 8.27. The van der Waals surface area contributed by atoms with E-state index in [4.69, 9.17) is 0 Å². The lowest BCUT2D eigenvalue weighted by Gasteiger charge is -2.18. The number of rotatable bonds is 5. The molecule has 1 heterocycles. The standard InChI is InChI=1S/C17H19FN4O2/c1-11(16(23)21-14-9-5-4-8-13(14)18)20-17(24)12-7-6-10-19-15(12)22(2)3/h4-11H,1-3H3,(H,20,24)(H,21,23). The molecule has 1 aromatic carbocycles. The van der Waals surface area contributed by atoms with Crippen molar-refractivity contribution in [2.75, 3.05) is 24.3 Å². The molecule has 0 spiro atoms. The Morgan fingerprint density at radius 2 is 1.88 bits per heavy atom. The number of amides is 2. The topological polar surface area (TPSA) is 74.3 Å². The molecule has 0 radical (unpaired) electrons. The van der Waals surface area contributed by atoms with Crippen molar-refractivity contribution in [2.24, 2.45) is 0 Å². The summed E-state index contributed by atoms with van der Waals surface area (Å²) >= 11 is 0. The number of carbonyl (C=O) groups is 2. The van der Waals surface area contributed by atoms with Crippen LogP contribution in [0.3, 0.4) is 0 Å². The lowest BCUT2D eigenvalue weighted by atomic mass is 10.2. The van der Waals surface area contributed by atoms with Crippen molar-refractivity contribution in [3.05, 3.63) is 54.0 Å². The Bertz CT molecular complexity index is 749. The second-order valence-corrected chi connectivity index (χ2v) is 5.43. The molecule has 2 rings (SSSR count). The van der Waals surface area contributed by atoms with E-state index in [1.54, 1.807) is 43.4 Å². The number of pyridine rings is 1. The predicted octanol–water partition coefficient (Wildman–Crippen LogP) is 2.04. The van der Waals surface area contributed by atoms with E-state index in [0.717, 1.165) is 0 Å². The minimum Gasteiger partial charge on any atom is -0.362 e. The lowest BCUT2D eigenvalue weighted by molar-refractivity contribution is -0.117. The van der Waals surface area contributed by atoms with Crippen LogP contribution in [0.5, 0.6) is 0 Å². The average molecular weight is 330 g/mol.